The van der Waals surface area contributed by atoms with Gasteiger partial charge in [0.25, 0.3) is 0 Å². The topological polar surface area (TPSA) is 41.6 Å². The third-order valence-corrected chi connectivity index (χ3v) is 6.39. The Morgan fingerprint density at radius 2 is 1.70 bits per heavy atom. The van der Waals surface area contributed by atoms with E-state index in [4.69, 9.17) is 23.1 Å². The van der Waals surface area contributed by atoms with Crippen LogP contribution in [0.2, 0.25) is 0 Å². The van der Waals surface area contributed by atoms with Crippen LogP contribution in [0.25, 0.3) is 6.08 Å². The van der Waals surface area contributed by atoms with Gasteiger partial charge in [0.15, 0.2) is 5.11 Å². The van der Waals surface area contributed by atoms with E-state index < -0.39 is 0 Å². The van der Waals surface area contributed by atoms with Crippen molar-refractivity contribution in [2.75, 3.05) is 0 Å². The van der Waals surface area contributed by atoms with Crippen LogP contribution in [0.4, 0.5) is 0 Å². The summed E-state index contributed by atoms with van der Waals surface area (Å²) in [5, 5.41) is 7.04. The first kappa shape index (κ1) is 18.8. The summed E-state index contributed by atoms with van der Waals surface area (Å²) >= 11 is 12.3. The number of nitrogens with two attached hydrogens (primary N) is 1. The van der Waals surface area contributed by atoms with Crippen LogP contribution in [0.15, 0.2) is 68.2 Å². The lowest BCUT2D eigenvalue weighted by Crippen LogP contribution is -2.34. The number of nitrogens with zero attached hydrogens (tertiary/aromatic N) is 2. The van der Waals surface area contributed by atoms with E-state index in [1.54, 1.807) is 0 Å². The number of hydrazone groups is 1. The third-order valence-electron chi connectivity index (χ3n) is 5.15. The first-order valence-electron chi connectivity index (χ1n) is 8.92. The van der Waals surface area contributed by atoms with Gasteiger partial charge < -0.3 is 5.73 Å². The van der Waals surface area contributed by atoms with Crippen LogP contribution in [-0.2, 0) is 0 Å². The molecule has 2 aromatic rings. The zero-order chi connectivity index (χ0) is 19.0. The predicted octanol–water partition coefficient (Wildman–Crippen LogP) is 6.05. The van der Waals surface area contributed by atoms with Crippen molar-refractivity contribution in [2.24, 2.45) is 16.8 Å². The van der Waals surface area contributed by atoms with Crippen molar-refractivity contribution in [3.63, 3.8) is 0 Å². The predicted molar refractivity (Wildman–Crippen MR) is 122 cm³/mol. The number of rotatable bonds is 2. The molecular formula is C21H19Br2N3S. The Labute approximate surface area is 181 Å². The minimum Gasteiger partial charge on any atom is -0.375 e. The van der Waals surface area contributed by atoms with E-state index in [0.717, 1.165) is 33.9 Å². The Balaban J connectivity index is 1.72. The van der Waals surface area contributed by atoms with Crippen molar-refractivity contribution in [1.29, 1.82) is 0 Å². The lowest BCUT2D eigenvalue weighted by molar-refractivity contribution is 0.305. The van der Waals surface area contributed by atoms with E-state index in [-0.39, 0.29) is 6.04 Å². The van der Waals surface area contributed by atoms with Gasteiger partial charge in [0.05, 0.1) is 11.8 Å². The lowest BCUT2D eigenvalue weighted by Gasteiger charge is -2.29. The normalized spacial score (nSPS) is 23.3. The van der Waals surface area contributed by atoms with E-state index in [2.05, 4.69) is 86.5 Å². The Bertz CT molecular complexity index is 919. The van der Waals surface area contributed by atoms with Gasteiger partial charge in [-0.2, -0.15) is 5.10 Å². The molecule has 1 heterocycles. The molecule has 0 amide bonds. The van der Waals surface area contributed by atoms with E-state index in [1.165, 1.54) is 16.7 Å². The van der Waals surface area contributed by atoms with Crippen LogP contribution in [0.3, 0.4) is 0 Å². The van der Waals surface area contributed by atoms with Crippen molar-refractivity contribution in [2.45, 2.75) is 25.3 Å². The summed E-state index contributed by atoms with van der Waals surface area (Å²) in [7, 11) is 0. The molecule has 1 saturated carbocycles. The molecule has 2 atom stereocenters. The molecule has 27 heavy (non-hydrogen) atoms. The van der Waals surface area contributed by atoms with Crippen LogP contribution < -0.4 is 5.73 Å². The van der Waals surface area contributed by atoms with Crippen LogP contribution in [0.5, 0.6) is 0 Å². The molecule has 1 aliphatic carbocycles. The highest BCUT2D eigenvalue weighted by atomic mass is 79.9. The van der Waals surface area contributed by atoms with E-state index in [1.807, 2.05) is 5.01 Å². The maximum atomic E-state index is 6.04. The average molecular weight is 505 g/mol. The van der Waals surface area contributed by atoms with Gasteiger partial charge in [-0.25, -0.2) is 5.01 Å². The molecule has 1 fully saturated rings. The average Bonchev–Trinajstić information content (AvgIpc) is 3.05. The highest BCUT2D eigenvalue weighted by Gasteiger charge is 2.42. The number of fused-ring (bicyclic) bond motifs is 1. The molecule has 6 heteroatoms. The second-order valence-electron chi connectivity index (χ2n) is 6.88. The molecule has 1 aliphatic heterocycles. The monoisotopic (exact) mass is 503 g/mol. The zero-order valence-corrected chi connectivity index (χ0v) is 18.6. The fraction of sp³-hybridized carbons (Fsp3) is 0.238. The number of hydrogen-bond donors (Lipinski definition) is 1. The first-order valence-corrected chi connectivity index (χ1v) is 10.9. The summed E-state index contributed by atoms with van der Waals surface area (Å²) < 4.78 is 2.14. The summed E-state index contributed by atoms with van der Waals surface area (Å²) in [6, 6.07) is 16.8. The maximum Gasteiger partial charge on any atom is 0.187 e. The molecule has 2 N–H and O–H groups in total. The first-order chi connectivity index (χ1) is 13.0. The summed E-state index contributed by atoms with van der Waals surface area (Å²) in [4.78, 5) is 0. The second kappa shape index (κ2) is 7.86. The van der Waals surface area contributed by atoms with Gasteiger partial charge in [-0.1, -0.05) is 56.1 Å². The Morgan fingerprint density at radius 1 is 1.07 bits per heavy atom. The third kappa shape index (κ3) is 3.89. The van der Waals surface area contributed by atoms with Crippen molar-refractivity contribution in [3.8, 4) is 0 Å². The number of benzene rings is 2. The minimum atomic E-state index is 0.0687. The number of halogens is 2. The molecular weight excluding hydrogens is 486 g/mol. The Hall–Kier alpha value is -1.50. The van der Waals surface area contributed by atoms with Crippen LogP contribution in [0, 0.1) is 5.92 Å². The Morgan fingerprint density at radius 3 is 2.33 bits per heavy atom. The molecule has 0 spiro atoms. The molecule has 3 nitrogen and oxygen atoms in total. The van der Waals surface area contributed by atoms with Crippen molar-refractivity contribution in [1.82, 2.24) is 5.01 Å². The van der Waals surface area contributed by atoms with Gasteiger partial charge in [0.1, 0.15) is 0 Å². The van der Waals surface area contributed by atoms with Gasteiger partial charge in [-0.3, -0.25) is 0 Å². The number of thiocarbonyl (C=S) groups is 1. The quantitative estimate of drug-likeness (QED) is 0.506. The number of hydrogen-bond acceptors (Lipinski definition) is 2. The molecule has 138 valence electrons. The maximum absolute atomic E-state index is 6.04. The van der Waals surface area contributed by atoms with Crippen LogP contribution in [0.1, 0.15) is 36.4 Å². The molecule has 2 aliphatic rings. The zero-order valence-electron chi connectivity index (χ0n) is 14.6. The SMILES string of the molecule is NC(=S)N1N=C2/C(=C/c3ccc(Br)cc3)CCCC2C1c1ccc(Br)cc1. The molecule has 0 aromatic heterocycles. The molecule has 0 bridgehead atoms. The highest BCUT2D eigenvalue weighted by Crippen LogP contribution is 2.44. The van der Waals surface area contributed by atoms with Gasteiger partial charge in [0.2, 0.25) is 0 Å². The van der Waals surface area contributed by atoms with Crippen LogP contribution >= 0.6 is 44.1 Å². The minimum absolute atomic E-state index is 0.0687. The molecule has 0 radical (unpaired) electrons. The van der Waals surface area contributed by atoms with Gasteiger partial charge in [0, 0.05) is 14.9 Å². The van der Waals surface area contributed by atoms with E-state index in [0.29, 0.717) is 11.0 Å². The molecule has 0 saturated heterocycles. The van der Waals surface area contributed by atoms with Gasteiger partial charge in [-0.05, 0) is 78.5 Å². The summed E-state index contributed by atoms with van der Waals surface area (Å²) in [6.07, 6.45) is 5.52. The summed E-state index contributed by atoms with van der Waals surface area (Å²) in [5.74, 6) is 0.308. The summed E-state index contributed by atoms with van der Waals surface area (Å²) in [6.45, 7) is 0. The van der Waals surface area contributed by atoms with Gasteiger partial charge in [-0.15, -0.1) is 0 Å². The Kier molecular flexibility index (Phi) is 5.48. The summed E-state index contributed by atoms with van der Waals surface area (Å²) in [5.41, 5.74) is 10.8. The molecule has 2 unspecified atom stereocenters. The highest BCUT2D eigenvalue weighted by molar-refractivity contribution is 9.10. The number of allylic oxidation sites excluding steroid dienone is 1. The lowest BCUT2D eigenvalue weighted by atomic mass is 9.77. The van der Waals surface area contributed by atoms with Crippen molar-refractivity contribution < 1.29 is 0 Å². The van der Waals surface area contributed by atoms with Crippen molar-refractivity contribution in [3.05, 3.63) is 74.2 Å². The smallest absolute Gasteiger partial charge is 0.187 e. The molecule has 4 rings (SSSR count). The fourth-order valence-electron chi connectivity index (χ4n) is 3.94. The van der Waals surface area contributed by atoms with E-state index >= 15 is 0 Å². The van der Waals surface area contributed by atoms with E-state index in [9.17, 15) is 0 Å². The second-order valence-corrected chi connectivity index (χ2v) is 9.13. The van der Waals surface area contributed by atoms with Crippen LogP contribution in [-0.4, -0.2) is 15.8 Å². The van der Waals surface area contributed by atoms with Gasteiger partial charge >= 0.3 is 0 Å². The fourth-order valence-corrected chi connectivity index (χ4v) is 4.62. The largest absolute Gasteiger partial charge is 0.375 e. The standard InChI is InChI=1S/C21H19Br2N3S/c22-16-8-4-13(5-9-16)12-15-2-1-3-18-19(15)25-26(21(24)27)20(18)14-6-10-17(23)11-7-14/h4-12,18,20H,1-3H2,(H2,24,27)/b15-12+. The molecule has 2 aromatic carbocycles. The van der Waals surface area contributed by atoms with Crippen molar-refractivity contribution >= 4 is 61.0 Å².